The number of rotatable bonds is 8. The molecular weight excluding hydrogens is 300 g/mol. The van der Waals surface area contributed by atoms with E-state index >= 15 is 0 Å². The standard InChI is InChI=1S/C20H24N2O2/c1-4-13-24-18-12-7-6-11-17(18)22-19(23)14-21-20-15(3)9-8-10-16(20)5-2/h4,6-12,21H,1,5,13-14H2,2-3H3,(H,22,23). The van der Waals surface area contributed by atoms with Crippen molar-refractivity contribution in [2.75, 3.05) is 23.8 Å². The first kappa shape index (κ1) is 17.6. The summed E-state index contributed by atoms with van der Waals surface area (Å²) in [6.45, 7) is 8.37. The van der Waals surface area contributed by atoms with E-state index in [1.165, 1.54) is 5.56 Å². The summed E-state index contributed by atoms with van der Waals surface area (Å²) in [5, 5.41) is 6.13. The van der Waals surface area contributed by atoms with Crippen LogP contribution in [0.3, 0.4) is 0 Å². The molecule has 0 heterocycles. The first-order valence-electron chi connectivity index (χ1n) is 8.10. The molecule has 4 heteroatoms. The van der Waals surface area contributed by atoms with Gasteiger partial charge >= 0.3 is 0 Å². The minimum Gasteiger partial charge on any atom is -0.487 e. The van der Waals surface area contributed by atoms with Crippen molar-refractivity contribution in [2.45, 2.75) is 20.3 Å². The number of aryl methyl sites for hydroxylation is 2. The van der Waals surface area contributed by atoms with E-state index in [1.807, 2.05) is 43.3 Å². The zero-order valence-corrected chi connectivity index (χ0v) is 14.3. The van der Waals surface area contributed by atoms with Gasteiger partial charge < -0.3 is 15.4 Å². The molecule has 0 bridgehead atoms. The molecule has 0 aliphatic rings. The van der Waals surface area contributed by atoms with Crippen LogP contribution >= 0.6 is 0 Å². The van der Waals surface area contributed by atoms with Gasteiger partial charge in [0.1, 0.15) is 12.4 Å². The molecule has 2 N–H and O–H groups in total. The number of hydrogen-bond acceptors (Lipinski definition) is 3. The van der Waals surface area contributed by atoms with Gasteiger partial charge in [0.25, 0.3) is 0 Å². The predicted molar refractivity (Wildman–Crippen MR) is 99.8 cm³/mol. The van der Waals surface area contributed by atoms with Gasteiger partial charge in [-0.15, -0.1) is 0 Å². The Morgan fingerprint density at radius 1 is 1.21 bits per heavy atom. The first-order valence-corrected chi connectivity index (χ1v) is 8.10. The molecule has 0 spiro atoms. The molecule has 2 aromatic carbocycles. The molecule has 0 saturated carbocycles. The molecule has 24 heavy (non-hydrogen) atoms. The summed E-state index contributed by atoms with van der Waals surface area (Å²) in [5.41, 5.74) is 4.03. The van der Waals surface area contributed by atoms with Crippen LogP contribution in [0.5, 0.6) is 5.75 Å². The average Bonchev–Trinajstić information content (AvgIpc) is 2.59. The SMILES string of the molecule is C=CCOc1ccccc1NC(=O)CNc1c(C)cccc1CC. The van der Waals surface area contributed by atoms with Crippen molar-refractivity contribution in [1.29, 1.82) is 0 Å². The highest BCUT2D eigenvalue weighted by atomic mass is 16.5. The average molecular weight is 324 g/mol. The van der Waals surface area contributed by atoms with Gasteiger partial charge in [-0.2, -0.15) is 0 Å². The van der Waals surface area contributed by atoms with E-state index in [0.717, 1.165) is 17.7 Å². The predicted octanol–water partition coefficient (Wildman–Crippen LogP) is 4.17. The molecule has 1 amide bonds. The minimum absolute atomic E-state index is 0.116. The smallest absolute Gasteiger partial charge is 0.243 e. The van der Waals surface area contributed by atoms with Crippen molar-refractivity contribution < 1.29 is 9.53 Å². The fourth-order valence-corrected chi connectivity index (χ4v) is 2.48. The Hall–Kier alpha value is -2.75. The Balaban J connectivity index is 2.01. The highest BCUT2D eigenvalue weighted by molar-refractivity contribution is 5.95. The van der Waals surface area contributed by atoms with Crippen LogP contribution in [0.4, 0.5) is 11.4 Å². The van der Waals surface area contributed by atoms with Crippen LogP contribution in [-0.2, 0) is 11.2 Å². The molecule has 0 atom stereocenters. The number of benzene rings is 2. The highest BCUT2D eigenvalue weighted by Gasteiger charge is 2.09. The number of carbonyl (C=O) groups is 1. The monoisotopic (exact) mass is 324 g/mol. The molecule has 2 rings (SSSR count). The van der Waals surface area contributed by atoms with Gasteiger partial charge in [-0.3, -0.25) is 4.79 Å². The second-order valence-electron chi connectivity index (χ2n) is 5.46. The molecule has 4 nitrogen and oxygen atoms in total. The number of nitrogens with one attached hydrogen (secondary N) is 2. The fraction of sp³-hybridized carbons (Fsp3) is 0.250. The zero-order valence-electron chi connectivity index (χ0n) is 14.3. The van der Waals surface area contributed by atoms with E-state index in [2.05, 4.69) is 30.2 Å². The van der Waals surface area contributed by atoms with Gasteiger partial charge in [0.15, 0.2) is 0 Å². The molecule has 0 unspecified atom stereocenters. The van der Waals surface area contributed by atoms with Crippen molar-refractivity contribution >= 4 is 17.3 Å². The topological polar surface area (TPSA) is 50.4 Å². The number of carbonyl (C=O) groups excluding carboxylic acids is 1. The molecule has 0 aromatic heterocycles. The van der Waals surface area contributed by atoms with Crippen LogP contribution in [0.2, 0.25) is 0 Å². The van der Waals surface area contributed by atoms with Gasteiger partial charge in [0.05, 0.1) is 12.2 Å². The number of ether oxygens (including phenoxy) is 1. The van der Waals surface area contributed by atoms with Crippen LogP contribution in [0.15, 0.2) is 55.1 Å². The molecular formula is C20H24N2O2. The Bertz CT molecular complexity index is 711. The van der Waals surface area contributed by atoms with E-state index in [1.54, 1.807) is 6.08 Å². The summed E-state index contributed by atoms with van der Waals surface area (Å²) in [6, 6.07) is 13.5. The Morgan fingerprint density at radius 2 is 2.00 bits per heavy atom. The maximum Gasteiger partial charge on any atom is 0.243 e. The Kier molecular flexibility index (Phi) is 6.43. The summed E-state index contributed by atoms with van der Waals surface area (Å²) in [5.74, 6) is 0.519. The van der Waals surface area contributed by atoms with Crippen molar-refractivity contribution in [3.8, 4) is 5.75 Å². The Labute approximate surface area is 143 Å². The number of anilines is 2. The van der Waals surface area contributed by atoms with E-state index in [9.17, 15) is 4.79 Å². The molecule has 126 valence electrons. The number of para-hydroxylation sites is 3. The van der Waals surface area contributed by atoms with Gasteiger partial charge in [0.2, 0.25) is 5.91 Å². The quantitative estimate of drug-likeness (QED) is 0.716. The molecule has 0 saturated heterocycles. The summed E-state index contributed by atoms with van der Waals surface area (Å²) >= 11 is 0. The molecule has 0 fully saturated rings. The van der Waals surface area contributed by atoms with Crippen molar-refractivity contribution in [1.82, 2.24) is 0 Å². The zero-order chi connectivity index (χ0) is 17.4. The molecule has 0 radical (unpaired) electrons. The summed E-state index contributed by atoms with van der Waals surface area (Å²) in [7, 11) is 0. The molecule has 0 aliphatic heterocycles. The van der Waals surface area contributed by atoms with Crippen LogP contribution in [0, 0.1) is 6.92 Å². The van der Waals surface area contributed by atoms with Crippen molar-refractivity contribution in [2.24, 2.45) is 0 Å². The fourth-order valence-electron chi connectivity index (χ4n) is 2.48. The summed E-state index contributed by atoms with van der Waals surface area (Å²) < 4.78 is 5.55. The van der Waals surface area contributed by atoms with Crippen LogP contribution < -0.4 is 15.4 Å². The van der Waals surface area contributed by atoms with Crippen LogP contribution in [-0.4, -0.2) is 19.1 Å². The van der Waals surface area contributed by atoms with Gasteiger partial charge in [-0.1, -0.05) is 49.9 Å². The number of hydrogen-bond donors (Lipinski definition) is 2. The largest absolute Gasteiger partial charge is 0.487 e. The van der Waals surface area contributed by atoms with Gasteiger partial charge in [-0.05, 0) is 36.6 Å². The lowest BCUT2D eigenvalue weighted by molar-refractivity contribution is -0.114. The second kappa shape index (κ2) is 8.77. The third-order valence-corrected chi connectivity index (χ3v) is 3.68. The Morgan fingerprint density at radius 3 is 2.75 bits per heavy atom. The maximum absolute atomic E-state index is 12.3. The van der Waals surface area contributed by atoms with E-state index in [-0.39, 0.29) is 12.5 Å². The lowest BCUT2D eigenvalue weighted by atomic mass is 10.1. The van der Waals surface area contributed by atoms with E-state index < -0.39 is 0 Å². The van der Waals surface area contributed by atoms with Gasteiger partial charge in [0, 0.05) is 5.69 Å². The first-order chi connectivity index (χ1) is 11.7. The summed E-state index contributed by atoms with van der Waals surface area (Å²) in [4.78, 5) is 12.3. The minimum atomic E-state index is -0.116. The molecule has 2 aromatic rings. The third kappa shape index (κ3) is 4.62. The van der Waals surface area contributed by atoms with Crippen LogP contribution in [0.25, 0.3) is 0 Å². The second-order valence-corrected chi connectivity index (χ2v) is 5.46. The molecule has 0 aliphatic carbocycles. The lowest BCUT2D eigenvalue weighted by Crippen LogP contribution is -2.23. The lowest BCUT2D eigenvalue weighted by Gasteiger charge is -2.15. The summed E-state index contributed by atoms with van der Waals surface area (Å²) in [6.07, 6.45) is 2.59. The van der Waals surface area contributed by atoms with Crippen LogP contribution in [0.1, 0.15) is 18.1 Å². The van der Waals surface area contributed by atoms with E-state index in [4.69, 9.17) is 4.74 Å². The normalized spacial score (nSPS) is 10.1. The van der Waals surface area contributed by atoms with E-state index in [0.29, 0.717) is 18.0 Å². The van der Waals surface area contributed by atoms with Crippen molar-refractivity contribution in [3.05, 3.63) is 66.2 Å². The van der Waals surface area contributed by atoms with Crippen molar-refractivity contribution in [3.63, 3.8) is 0 Å². The maximum atomic E-state index is 12.3. The number of amides is 1. The third-order valence-electron chi connectivity index (χ3n) is 3.68. The van der Waals surface area contributed by atoms with Gasteiger partial charge in [-0.25, -0.2) is 0 Å². The highest BCUT2D eigenvalue weighted by Crippen LogP contribution is 2.24.